The number of benzene rings is 3. The number of nitrogens with zero attached hydrogens (tertiary/aromatic N) is 1. The van der Waals surface area contributed by atoms with Gasteiger partial charge in [0, 0.05) is 11.6 Å². The van der Waals surface area contributed by atoms with Gasteiger partial charge in [-0.25, -0.2) is 0 Å². The number of ether oxygens (including phenoxy) is 1. The molecule has 150 valence electrons. The van der Waals surface area contributed by atoms with E-state index in [4.69, 9.17) is 4.74 Å². The first-order chi connectivity index (χ1) is 13.7. The molecule has 8 heteroatoms. The van der Waals surface area contributed by atoms with Gasteiger partial charge in [-0.1, -0.05) is 54.6 Å². The van der Waals surface area contributed by atoms with E-state index in [9.17, 15) is 27.7 Å². The van der Waals surface area contributed by atoms with Gasteiger partial charge in [-0.2, -0.15) is 17.6 Å². The van der Waals surface area contributed by atoms with E-state index in [0.29, 0.717) is 17.7 Å². The fraction of sp³-hybridized carbons (Fsp3) is 0.143. The van der Waals surface area contributed by atoms with Crippen molar-refractivity contribution in [3.8, 4) is 16.9 Å². The molecule has 0 fully saturated rings. The Hall–Kier alpha value is -3.42. The van der Waals surface area contributed by atoms with Gasteiger partial charge in [0.1, 0.15) is 5.75 Å². The molecule has 3 rings (SSSR count). The van der Waals surface area contributed by atoms with Crippen molar-refractivity contribution in [2.75, 3.05) is 7.11 Å². The van der Waals surface area contributed by atoms with Crippen LogP contribution in [0.25, 0.3) is 11.1 Å². The molecule has 3 aromatic rings. The molecule has 0 aliphatic heterocycles. The van der Waals surface area contributed by atoms with Gasteiger partial charge >= 0.3 is 11.8 Å². The topological polar surface area (TPSA) is 52.4 Å². The molecule has 0 bridgehead atoms. The first-order valence-corrected chi connectivity index (χ1v) is 8.43. The van der Waals surface area contributed by atoms with E-state index in [1.165, 1.54) is 12.1 Å². The third kappa shape index (κ3) is 3.65. The Labute approximate surface area is 163 Å². The number of nitro groups is 1. The van der Waals surface area contributed by atoms with Crippen molar-refractivity contribution in [1.29, 1.82) is 0 Å². The Bertz CT molecular complexity index is 1020. The van der Waals surface area contributed by atoms with Crippen LogP contribution in [0.1, 0.15) is 11.1 Å². The third-order valence-corrected chi connectivity index (χ3v) is 4.48. The molecule has 0 radical (unpaired) electrons. The minimum absolute atomic E-state index is 0.545. The molecule has 29 heavy (non-hydrogen) atoms. The van der Waals surface area contributed by atoms with Crippen LogP contribution in [0.15, 0.2) is 72.8 Å². The summed E-state index contributed by atoms with van der Waals surface area (Å²) in [5.41, 5.74) is -1.21. The largest absolute Gasteiger partial charge is 0.496 e. The summed E-state index contributed by atoms with van der Waals surface area (Å²) in [6.07, 6.45) is 0. The third-order valence-electron chi connectivity index (χ3n) is 4.48. The van der Waals surface area contributed by atoms with E-state index in [0.717, 1.165) is 30.9 Å². The summed E-state index contributed by atoms with van der Waals surface area (Å²) < 4.78 is 63.9. The number of methoxy groups -OCH3 is 1. The number of hydrogen-bond acceptors (Lipinski definition) is 3. The van der Waals surface area contributed by atoms with Crippen molar-refractivity contribution in [2.45, 2.75) is 11.8 Å². The predicted molar refractivity (Wildman–Crippen MR) is 99.3 cm³/mol. The highest BCUT2D eigenvalue weighted by atomic mass is 19.3. The standard InChI is InChI=1S/C21H15F4NO3/c1-29-19-13-17(26(27)28)11-12-18(19)21(24,25)20(22,23)16-9-7-15(8-10-16)14-5-3-2-4-6-14/h2-13H,1H3. The number of rotatable bonds is 6. The zero-order chi connectivity index (χ0) is 21.2. The molecule has 4 nitrogen and oxygen atoms in total. The summed E-state index contributed by atoms with van der Waals surface area (Å²) in [6.45, 7) is 0. The molecule has 0 spiro atoms. The van der Waals surface area contributed by atoms with Crippen LogP contribution in [0, 0.1) is 10.1 Å². The van der Waals surface area contributed by atoms with Crippen LogP contribution in [0.4, 0.5) is 23.2 Å². The van der Waals surface area contributed by atoms with Crippen molar-refractivity contribution in [1.82, 2.24) is 0 Å². The SMILES string of the molecule is COc1cc([N+](=O)[O-])ccc1C(F)(F)C(F)(F)c1ccc(-c2ccccc2)cc1. The fourth-order valence-electron chi connectivity index (χ4n) is 2.91. The van der Waals surface area contributed by atoms with Crippen LogP contribution >= 0.6 is 0 Å². The second-order valence-corrected chi connectivity index (χ2v) is 6.23. The van der Waals surface area contributed by atoms with E-state index in [2.05, 4.69) is 0 Å². The second kappa shape index (κ2) is 7.54. The minimum Gasteiger partial charge on any atom is -0.496 e. The zero-order valence-electron chi connectivity index (χ0n) is 15.1. The first kappa shape index (κ1) is 20.3. The molecule has 0 heterocycles. The fourth-order valence-corrected chi connectivity index (χ4v) is 2.91. The van der Waals surface area contributed by atoms with E-state index in [1.54, 1.807) is 30.3 Å². The summed E-state index contributed by atoms with van der Waals surface area (Å²) in [5.74, 6) is -9.93. The molecule has 0 aliphatic rings. The van der Waals surface area contributed by atoms with Crippen LogP contribution in [0.3, 0.4) is 0 Å². The highest BCUT2D eigenvalue weighted by Gasteiger charge is 2.59. The van der Waals surface area contributed by atoms with E-state index in [1.807, 2.05) is 0 Å². The van der Waals surface area contributed by atoms with E-state index in [-0.39, 0.29) is 0 Å². The molecule has 0 saturated heterocycles. The monoisotopic (exact) mass is 405 g/mol. The average molecular weight is 405 g/mol. The maximum absolute atomic E-state index is 14.8. The van der Waals surface area contributed by atoms with Gasteiger partial charge in [0.15, 0.2) is 0 Å². The van der Waals surface area contributed by atoms with Gasteiger partial charge in [0.05, 0.1) is 23.7 Å². The first-order valence-electron chi connectivity index (χ1n) is 8.43. The lowest BCUT2D eigenvalue weighted by Gasteiger charge is -2.28. The summed E-state index contributed by atoms with van der Waals surface area (Å²) in [7, 11) is 0.978. The van der Waals surface area contributed by atoms with E-state index >= 15 is 0 Å². The average Bonchev–Trinajstić information content (AvgIpc) is 2.73. The molecule has 0 unspecified atom stereocenters. The van der Waals surface area contributed by atoms with Gasteiger partial charge in [0.2, 0.25) is 0 Å². The Balaban J connectivity index is 2.00. The van der Waals surface area contributed by atoms with Crippen molar-refractivity contribution in [3.05, 3.63) is 94.0 Å². The van der Waals surface area contributed by atoms with Crippen LogP contribution in [0.5, 0.6) is 5.75 Å². The summed E-state index contributed by atoms with van der Waals surface area (Å²) in [4.78, 5) is 9.98. The second-order valence-electron chi connectivity index (χ2n) is 6.23. The highest BCUT2D eigenvalue weighted by molar-refractivity contribution is 5.63. The summed E-state index contributed by atoms with van der Waals surface area (Å²) in [5, 5.41) is 10.8. The van der Waals surface area contributed by atoms with E-state index < -0.39 is 39.3 Å². The van der Waals surface area contributed by atoms with Crippen LogP contribution in [-0.2, 0) is 11.8 Å². The van der Waals surface area contributed by atoms with Gasteiger partial charge < -0.3 is 4.74 Å². The normalized spacial score (nSPS) is 11.9. The molecule has 3 aromatic carbocycles. The lowest BCUT2D eigenvalue weighted by Crippen LogP contribution is -2.36. The van der Waals surface area contributed by atoms with Crippen molar-refractivity contribution < 1.29 is 27.2 Å². The smallest absolute Gasteiger partial charge is 0.343 e. The summed E-state index contributed by atoms with van der Waals surface area (Å²) >= 11 is 0. The highest BCUT2D eigenvalue weighted by Crippen LogP contribution is 2.52. The summed E-state index contributed by atoms with van der Waals surface area (Å²) in [6, 6.07) is 15.4. The quantitative estimate of drug-likeness (QED) is 0.281. The van der Waals surface area contributed by atoms with Crippen LogP contribution in [-0.4, -0.2) is 12.0 Å². The maximum Gasteiger partial charge on any atom is 0.343 e. The number of halogens is 4. The van der Waals surface area contributed by atoms with Gasteiger partial charge in [-0.3, -0.25) is 10.1 Å². The van der Waals surface area contributed by atoms with Gasteiger partial charge in [0.25, 0.3) is 5.69 Å². The molecule has 0 atom stereocenters. The molecule has 0 amide bonds. The number of nitro benzene ring substituents is 1. The molecule has 0 aliphatic carbocycles. The van der Waals surface area contributed by atoms with Crippen molar-refractivity contribution >= 4 is 5.69 Å². The lowest BCUT2D eigenvalue weighted by molar-refractivity contribution is -0.385. The van der Waals surface area contributed by atoms with Crippen molar-refractivity contribution in [2.24, 2.45) is 0 Å². The molecule has 0 saturated carbocycles. The lowest BCUT2D eigenvalue weighted by atomic mass is 9.93. The van der Waals surface area contributed by atoms with Gasteiger partial charge in [-0.05, 0) is 17.2 Å². The van der Waals surface area contributed by atoms with Crippen molar-refractivity contribution in [3.63, 3.8) is 0 Å². The van der Waals surface area contributed by atoms with Crippen LogP contribution in [0.2, 0.25) is 0 Å². The Morgan fingerprint density at radius 2 is 1.41 bits per heavy atom. The minimum atomic E-state index is -4.66. The Kier molecular flexibility index (Phi) is 5.28. The maximum atomic E-state index is 14.8. The Morgan fingerprint density at radius 3 is 1.97 bits per heavy atom. The Morgan fingerprint density at radius 1 is 0.828 bits per heavy atom. The van der Waals surface area contributed by atoms with Gasteiger partial charge in [-0.15, -0.1) is 0 Å². The zero-order valence-corrected chi connectivity index (χ0v) is 15.1. The molecule has 0 aromatic heterocycles. The molecular weight excluding hydrogens is 390 g/mol. The molecule has 0 N–H and O–H groups in total. The van der Waals surface area contributed by atoms with Crippen LogP contribution < -0.4 is 4.74 Å². The molecular formula is C21H15F4NO3. The number of alkyl halides is 4. The predicted octanol–water partition coefficient (Wildman–Crippen LogP) is 6.15. The number of non-ortho nitro benzene ring substituents is 1. The number of hydrogen-bond donors (Lipinski definition) is 0.